The summed E-state index contributed by atoms with van der Waals surface area (Å²) in [5, 5.41) is 14.2. The van der Waals surface area contributed by atoms with Crippen LogP contribution in [0.25, 0.3) is 0 Å². The zero-order valence-electron chi connectivity index (χ0n) is 10.7. The molecule has 0 atom stereocenters. The van der Waals surface area contributed by atoms with Crippen molar-refractivity contribution in [1.29, 1.82) is 0 Å². The van der Waals surface area contributed by atoms with Gasteiger partial charge >= 0.3 is 5.69 Å². The number of halogens is 1. The number of carbonyl (C=O) groups is 1. The lowest BCUT2D eigenvalue weighted by atomic mass is 10.1. The van der Waals surface area contributed by atoms with Gasteiger partial charge in [0, 0.05) is 10.7 Å². The maximum atomic E-state index is 12.2. The number of hydrogen-bond acceptors (Lipinski definition) is 5. The van der Waals surface area contributed by atoms with E-state index in [1.165, 1.54) is 18.2 Å². The number of carbonyl (C=O) groups excluding carboxylic acids is 1. The molecule has 0 aliphatic rings. The fraction of sp³-hybridized carbons (Fsp3) is 0. The van der Waals surface area contributed by atoms with E-state index in [-0.39, 0.29) is 16.9 Å². The lowest BCUT2D eigenvalue weighted by Gasteiger charge is -2.08. The number of rotatable bonds is 4. The molecule has 0 bridgehead atoms. The molecule has 21 heavy (non-hydrogen) atoms. The highest BCUT2D eigenvalue weighted by atomic mass is 35.5. The molecule has 0 saturated carbocycles. The number of benzene rings is 2. The van der Waals surface area contributed by atoms with Crippen LogP contribution in [0.4, 0.5) is 17.1 Å². The van der Waals surface area contributed by atoms with Gasteiger partial charge in [-0.1, -0.05) is 17.7 Å². The molecule has 0 aliphatic heterocycles. The highest BCUT2D eigenvalue weighted by molar-refractivity contribution is 6.30. The van der Waals surface area contributed by atoms with Crippen LogP contribution in [-0.2, 0) is 0 Å². The van der Waals surface area contributed by atoms with Crippen molar-refractivity contribution < 1.29 is 9.72 Å². The molecule has 7 nitrogen and oxygen atoms in total. The zero-order valence-corrected chi connectivity index (χ0v) is 11.4. The van der Waals surface area contributed by atoms with Crippen LogP contribution in [-0.4, -0.2) is 10.8 Å². The molecule has 2 aromatic carbocycles. The molecule has 0 saturated heterocycles. The number of anilines is 2. The molecule has 108 valence electrons. The third kappa shape index (κ3) is 3.28. The first-order valence-electron chi connectivity index (χ1n) is 5.84. The predicted molar refractivity (Wildman–Crippen MR) is 80.3 cm³/mol. The quantitative estimate of drug-likeness (QED) is 0.457. The molecule has 4 N–H and O–H groups in total. The monoisotopic (exact) mass is 306 g/mol. The Labute approximate surface area is 124 Å². The van der Waals surface area contributed by atoms with E-state index in [4.69, 9.17) is 17.4 Å². The molecule has 0 unspecified atom stereocenters. The number of nitrogen functional groups attached to an aromatic ring is 1. The molecule has 0 radical (unpaired) electrons. The molecule has 2 rings (SSSR count). The van der Waals surface area contributed by atoms with E-state index in [9.17, 15) is 14.9 Å². The van der Waals surface area contributed by atoms with E-state index in [1.54, 1.807) is 24.3 Å². The zero-order chi connectivity index (χ0) is 15.4. The van der Waals surface area contributed by atoms with Crippen molar-refractivity contribution in [2.75, 3.05) is 10.7 Å². The Morgan fingerprint density at radius 3 is 2.43 bits per heavy atom. The molecular formula is C13H11ClN4O3. The Balaban J connectivity index is 2.35. The minimum atomic E-state index is -0.661. The van der Waals surface area contributed by atoms with Crippen molar-refractivity contribution >= 4 is 34.6 Å². The average molecular weight is 307 g/mol. The van der Waals surface area contributed by atoms with Gasteiger partial charge in [-0.15, -0.1) is 0 Å². The maximum absolute atomic E-state index is 12.2. The molecule has 1 amide bonds. The third-order valence-electron chi connectivity index (χ3n) is 2.72. The summed E-state index contributed by atoms with van der Waals surface area (Å²) in [6, 6.07) is 10.7. The Hall–Kier alpha value is -2.64. The Morgan fingerprint density at radius 2 is 1.86 bits per heavy atom. The largest absolute Gasteiger partial charge is 0.322 e. The van der Waals surface area contributed by atoms with Crippen LogP contribution in [0.15, 0.2) is 42.5 Å². The van der Waals surface area contributed by atoms with Gasteiger partial charge in [0.2, 0.25) is 0 Å². The Bertz CT molecular complexity index is 688. The number of nitro groups is 1. The number of hydrogen-bond donors (Lipinski definition) is 3. The second-order valence-electron chi connectivity index (χ2n) is 4.06. The number of hydrazine groups is 1. The van der Waals surface area contributed by atoms with Crippen LogP contribution < -0.4 is 16.6 Å². The maximum Gasteiger partial charge on any atom is 0.306 e. The Kier molecular flexibility index (Phi) is 4.36. The fourth-order valence-electron chi connectivity index (χ4n) is 1.77. The number of nitrogens with zero attached hydrogens (tertiary/aromatic N) is 1. The third-order valence-corrected chi connectivity index (χ3v) is 2.97. The first-order valence-corrected chi connectivity index (χ1v) is 6.21. The normalized spacial score (nSPS) is 10.0. The van der Waals surface area contributed by atoms with E-state index >= 15 is 0 Å². The van der Waals surface area contributed by atoms with Crippen molar-refractivity contribution in [1.82, 2.24) is 0 Å². The van der Waals surface area contributed by atoms with Gasteiger partial charge in [0.25, 0.3) is 5.91 Å². The van der Waals surface area contributed by atoms with Gasteiger partial charge in [-0.05, 0) is 36.4 Å². The first kappa shape index (κ1) is 14.8. The van der Waals surface area contributed by atoms with Crippen LogP contribution in [0.5, 0.6) is 0 Å². The van der Waals surface area contributed by atoms with Gasteiger partial charge in [-0.2, -0.15) is 0 Å². The molecule has 8 heteroatoms. The minimum Gasteiger partial charge on any atom is -0.322 e. The summed E-state index contributed by atoms with van der Waals surface area (Å²) < 4.78 is 0. The molecule has 2 aromatic rings. The minimum absolute atomic E-state index is 0.0590. The summed E-state index contributed by atoms with van der Waals surface area (Å²) in [6.45, 7) is 0. The lowest BCUT2D eigenvalue weighted by Crippen LogP contribution is -2.16. The molecular weight excluding hydrogens is 296 g/mol. The van der Waals surface area contributed by atoms with Crippen LogP contribution in [0, 0.1) is 10.1 Å². The molecule has 0 heterocycles. The number of nitrogens with two attached hydrogens (primary N) is 1. The van der Waals surface area contributed by atoms with Crippen LogP contribution in [0.3, 0.4) is 0 Å². The van der Waals surface area contributed by atoms with Crippen molar-refractivity contribution in [3.8, 4) is 0 Å². The van der Waals surface area contributed by atoms with Gasteiger partial charge in [0.15, 0.2) is 0 Å². The van der Waals surface area contributed by atoms with Crippen molar-refractivity contribution in [3.63, 3.8) is 0 Å². The van der Waals surface area contributed by atoms with E-state index in [2.05, 4.69) is 10.7 Å². The van der Waals surface area contributed by atoms with Gasteiger partial charge in [-0.25, -0.2) is 0 Å². The highest BCUT2D eigenvalue weighted by Gasteiger charge is 2.24. The summed E-state index contributed by atoms with van der Waals surface area (Å²) in [6.07, 6.45) is 0. The van der Waals surface area contributed by atoms with Gasteiger partial charge in [0.05, 0.1) is 4.92 Å². The van der Waals surface area contributed by atoms with E-state index in [0.29, 0.717) is 10.7 Å². The number of amides is 1. The fourth-order valence-corrected chi connectivity index (χ4v) is 1.90. The highest BCUT2D eigenvalue weighted by Crippen LogP contribution is 2.28. The summed E-state index contributed by atoms with van der Waals surface area (Å²) in [5.74, 6) is 4.62. The topological polar surface area (TPSA) is 110 Å². The number of nitro benzene ring substituents is 1. The second kappa shape index (κ2) is 6.21. The van der Waals surface area contributed by atoms with E-state index < -0.39 is 10.8 Å². The van der Waals surface area contributed by atoms with Crippen LogP contribution in [0.2, 0.25) is 5.02 Å². The van der Waals surface area contributed by atoms with Crippen molar-refractivity contribution in [2.45, 2.75) is 0 Å². The number of para-hydroxylation sites is 1. The molecule has 0 aromatic heterocycles. The van der Waals surface area contributed by atoms with Crippen molar-refractivity contribution in [2.24, 2.45) is 5.84 Å². The summed E-state index contributed by atoms with van der Waals surface area (Å²) in [7, 11) is 0. The first-order chi connectivity index (χ1) is 10.0. The van der Waals surface area contributed by atoms with Crippen molar-refractivity contribution in [3.05, 3.63) is 63.2 Å². The van der Waals surface area contributed by atoms with Gasteiger partial charge < -0.3 is 10.7 Å². The van der Waals surface area contributed by atoms with Gasteiger partial charge in [0.1, 0.15) is 11.3 Å². The van der Waals surface area contributed by atoms with E-state index in [0.717, 1.165) is 0 Å². The molecule has 0 fully saturated rings. The summed E-state index contributed by atoms with van der Waals surface area (Å²) in [4.78, 5) is 22.6. The molecule has 0 spiro atoms. The summed E-state index contributed by atoms with van der Waals surface area (Å²) in [5.41, 5.74) is 2.26. The summed E-state index contributed by atoms with van der Waals surface area (Å²) >= 11 is 5.75. The lowest BCUT2D eigenvalue weighted by molar-refractivity contribution is -0.384. The second-order valence-corrected chi connectivity index (χ2v) is 4.50. The Morgan fingerprint density at radius 1 is 1.19 bits per heavy atom. The van der Waals surface area contributed by atoms with Crippen LogP contribution >= 0.6 is 11.6 Å². The standard InChI is InChI=1S/C13H11ClN4O3/c14-8-4-6-9(7-5-8)16-13(19)10-2-1-3-11(17-15)12(10)18(20)21/h1-7,17H,15H2,(H,16,19). The average Bonchev–Trinajstić information content (AvgIpc) is 2.48. The van der Waals surface area contributed by atoms with Gasteiger partial charge in [-0.3, -0.25) is 20.8 Å². The van der Waals surface area contributed by atoms with Crippen LogP contribution in [0.1, 0.15) is 10.4 Å². The SMILES string of the molecule is NNc1cccc(C(=O)Nc2ccc(Cl)cc2)c1[N+](=O)[O-]. The number of nitrogens with one attached hydrogen (secondary N) is 2. The van der Waals surface area contributed by atoms with E-state index in [1.807, 2.05) is 0 Å². The predicted octanol–water partition coefficient (Wildman–Crippen LogP) is 2.79. The smallest absolute Gasteiger partial charge is 0.306 e. The molecule has 0 aliphatic carbocycles.